The molecular formula is C20H22F6N2O4. The van der Waals surface area contributed by atoms with Crippen LogP contribution in [0.1, 0.15) is 50.3 Å². The number of carbonyl (C=O) groups is 2. The van der Waals surface area contributed by atoms with Gasteiger partial charge in [0.25, 0.3) is 0 Å². The number of fused-ring (bicyclic) bond motifs is 1. The molecule has 3 N–H and O–H groups in total. The molecule has 0 spiro atoms. The van der Waals surface area contributed by atoms with Crippen molar-refractivity contribution in [2.45, 2.75) is 63.8 Å². The van der Waals surface area contributed by atoms with Gasteiger partial charge in [-0.3, -0.25) is 9.69 Å². The number of halogens is 6. The molecule has 2 aliphatic rings. The van der Waals surface area contributed by atoms with Gasteiger partial charge >= 0.3 is 18.4 Å². The Hall–Kier alpha value is -2.34. The summed E-state index contributed by atoms with van der Waals surface area (Å²) in [5.41, 5.74) is 2.64. The highest BCUT2D eigenvalue weighted by Crippen LogP contribution is 2.47. The Bertz CT molecular complexity index is 910. The van der Waals surface area contributed by atoms with Crippen molar-refractivity contribution in [2.24, 2.45) is 17.1 Å². The van der Waals surface area contributed by atoms with Crippen LogP contribution >= 0.6 is 0 Å². The first-order valence-corrected chi connectivity index (χ1v) is 9.81. The zero-order chi connectivity index (χ0) is 24.2. The third-order valence-corrected chi connectivity index (χ3v) is 5.88. The number of hydrogen-bond donors (Lipinski definition) is 2. The molecule has 3 atom stereocenters. The van der Waals surface area contributed by atoms with Crippen LogP contribution in [0.2, 0.25) is 0 Å². The molecule has 1 aromatic rings. The van der Waals surface area contributed by atoms with Crippen molar-refractivity contribution >= 4 is 17.6 Å². The first-order valence-electron chi connectivity index (χ1n) is 9.81. The fourth-order valence-corrected chi connectivity index (χ4v) is 3.81. The average molecular weight is 468 g/mol. The lowest BCUT2D eigenvalue weighted by Crippen LogP contribution is -2.52. The molecule has 1 aliphatic carbocycles. The number of carbonyl (C=O) groups excluding carboxylic acids is 2. The molecule has 1 fully saturated rings. The van der Waals surface area contributed by atoms with Crippen molar-refractivity contribution in [3.8, 4) is 0 Å². The number of anilines is 1. The van der Waals surface area contributed by atoms with E-state index in [1.165, 1.54) is 0 Å². The second kappa shape index (κ2) is 7.91. The summed E-state index contributed by atoms with van der Waals surface area (Å²) in [6.07, 6.45) is -12.1. The molecule has 0 saturated heterocycles. The van der Waals surface area contributed by atoms with Crippen molar-refractivity contribution < 1.29 is 45.8 Å². The van der Waals surface area contributed by atoms with Crippen molar-refractivity contribution in [1.29, 1.82) is 0 Å². The van der Waals surface area contributed by atoms with Crippen LogP contribution < -0.4 is 10.6 Å². The minimum Gasteiger partial charge on any atom is -0.418 e. The third-order valence-electron chi connectivity index (χ3n) is 5.88. The highest BCUT2D eigenvalue weighted by molar-refractivity contribution is 5.92. The van der Waals surface area contributed by atoms with Crippen LogP contribution in [-0.4, -0.2) is 35.5 Å². The summed E-state index contributed by atoms with van der Waals surface area (Å²) in [7, 11) is 0. The van der Waals surface area contributed by atoms with Gasteiger partial charge < -0.3 is 15.6 Å². The van der Waals surface area contributed by atoms with E-state index in [1.54, 1.807) is 0 Å². The fraction of sp³-hybridized carbons (Fsp3) is 0.600. The van der Waals surface area contributed by atoms with Gasteiger partial charge in [-0.1, -0.05) is 0 Å². The van der Waals surface area contributed by atoms with E-state index in [-0.39, 0.29) is 23.6 Å². The largest absolute Gasteiger partial charge is 0.450 e. The Balaban J connectivity index is 1.93. The normalized spacial score (nSPS) is 22.9. The summed E-state index contributed by atoms with van der Waals surface area (Å²) in [5.74, 6) is -2.31. The lowest BCUT2D eigenvalue weighted by atomic mass is 9.86. The third kappa shape index (κ3) is 4.56. The molecule has 0 radical (unpaired) electrons. The number of benzene rings is 1. The number of rotatable bonds is 4. The Labute approximate surface area is 179 Å². The lowest BCUT2D eigenvalue weighted by Gasteiger charge is -2.40. The molecule has 12 heteroatoms. The molecule has 1 amide bonds. The molecule has 0 aromatic heterocycles. The van der Waals surface area contributed by atoms with Crippen LogP contribution in [0.3, 0.4) is 0 Å². The summed E-state index contributed by atoms with van der Waals surface area (Å²) in [5, 5.41) is 10.1. The maximum atomic E-state index is 13.1. The van der Waals surface area contributed by atoms with Crippen molar-refractivity contribution in [2.75, 3.05) is 4.90 Å². The molecule has 6 nitrogen and oxygen atoms in total. The number of nitrogens with zero attached hydrogens (tertiary/aromatic N) is 1. The van der Waals surface area contributed by atoms with Gasteiger partial charge in [-0.05, 0) is 62.8 Å². The summed E-state index contributed by atoms with van der Waals surface area (Å²) in [6.45, 7) is 1.55. The predicted molar refractivity (Wildman–Crippen MR) is 99.3 cm³/mol. The van der Waals surface area contributed by atoms with Gasteiger partial charge in [0.2, 0.25) is 12.1 Å². The molecule has 178 valence electrons. The van der Waals surface area contributed by atoms with E-state index in [9.17, 15) is 41.0 Å². The van der Waals surface area contributed by atoms with Crippen molar-refractivity contribution in [3.63, 3.8) is 0 Å². The Morgan fingerprint density at radius 2 is 1.75 bits per heavy atom. The van der Waals surface area contributed by atoms with Gasteiger partial charge in [-0.25, -0.2) is 4.79 Å². The molecule has 1 saturated carbocycles. The van der Waals surface area contributed by atoms with Gasteiger partial charge in [-0.2, -0.15) is 26.3 Å². The van der Waals surface area contributed by atoms with E-state index in [0.717, 1.165) is 49.8 Å². The Morgan fingerprint density at radius 3 is 2.25 bits per heavy atom. The first kappa shape index (κ1) is 24.3. The number of hydrogen-bond acceptors (Lipinski definition) is 5. The van der Waals surface area contributed by atoms with Gasteiger partial charge in [0.05, 0.1) is 16.7 Å². The molecule has 1 aliphatic heterocycles. The van der Waals surface area contributed by atoms with Crippen molar-refractivity contribution in [3.05, 3.63) is 29.3 Å². The second-order valence-electron chi connectivity index (χ2n) is 8.67. The van der Waals surface area contributed by atoms with Crippen molar-refractivity contribution in [1.82, 2.24) is 0 Å². The molecular weight excluding hydrogens is 446 g/mol. The first-order chi connectivity index (χ1) is 14.5. The van der Waals surface area contributed by atoms with E-state index < -0.39 is 53.6 Å². The number of ketones is 1. The number of aliphatic hydroxyl groups is 1. The number of aliphatic hydroxyl groups excluding tert-OH is 1. The fourth-order valence-electron chi connectivity index (χ4n) is 3.81. The maximum Gasteiger partial charge on any atom is 0.450 e. The van der Waals surface area contributed by atoms with Crippen LogP contribution in [-0.2, 0) is 15.7 Å². The van der Waals surface area contributed by atoms with E-state index in [4.69, 9.17) is 10.5 Å². The van der Waals surface area contributed by atoms with Crippen LogP contribution in [0.4, 0.5) is 36.8 Å². The van der Waals surface area contributed by atoms with Crippen LogP contribution in [0.5, 0.6) is 0 Å². The minimum atomic E-state index is -5.27. The SMILES string of the molecule is CC(C)(C(=O)C(F)(F)F)C(O)OC(=O)N1c2ccc(C(F)(F)F)cc2C(N)CC1C1CC1. The minimum absolute atomic E-state index is 0.0193. The predicted octanol–water partition coefficient (Wildman–Crippen LogP) is 4.31. The monoisotopic (exact) mass is 468 g/mol. The number of alkyl halides is 6. The van der Waals surface area contributed by atoms with Gasteiger partial charge in [0.1, 0.15) is 0 Å². The number of ether oxygens (including phenoxy) is 1. The van der Waals surface area contributed by atoms with Gasteiger partial charge in [0, 0.05) is 12.1 Å². The number of amides is 1. The van der Waals surface area contributed by atoms with Crippen LogP contribution in [0.15, 0.2) is 18.2 Å². The Kier molecular flexibility index (Phi) is 6.01. The molecule has 3 unspecified atom stereocenters. The molecule has 1 heterocycles. The highest BCUT2D eigenvalue weighted by Gasteiger charge is 2.53. The van der Waals surface area contributed by atoms with Crippen LogP contribution in [0, 0.1) is 11.3 Å². The van der Waals surface area contributed by atoms with E-state index >= 15 is 0 Å². The summed E-state index contributed by atoms with van der Waals surface area (Å²) in [6, 6.07) is 1.24. The smallest absolute Gasteiger partial charge is 0.418 e. The van der Waals surface area contributed by atoms with Crippen LogP contribution in [0.25, 0.3) is 0 Å². The average Bonchev–Trinajstić information content (AvgIpc) is 3.50. The maximum absolute atomic E-state index is 13.1. The van der Waals surface area contributed by atoms with E-state index in [1.807, 2.05) is 0 Å². The lowest BCUT2D eigenvalue weighted by molar-refractivity contribution is -0.200. The highest BCUT2D eigenvalue weighted by atomic mass is 19.4. The molecule has 0 bridgehead atoms. The van der Waals surface area contributed by atoms with E-state index in [0.29, 0.717) is 0 Å². The molecule has 32 heavy (non-hydrogen) atoms. The zero-order valence-electron chi connectivity index (χ0n) is 17.1. The number of Topliss-reactive ketones (excluding diaryl/α,β-unsaturated/α-hetero) is 1. The van der Waals surface area contributed by atoms with Gasteiger partial charge in [0.15, 0.2) is 0 Å². The summed E-state index contributed by atoms with van der Waals surface area (Å²) >= 11 is 0. The molecule has 3 rings (SSSR count). The Morgan fingerprint density at radius 1 is 1.16 bits per heavy atom. The standard InChI is InChI=1S/C20H22F6N2O4/c1-18(2,15(29)20(24,25)26)16(30)32-17(31)28-13-6-5-10(19(21,22)23)7-11(13)12(27)8-14(28)9-3-4-9/h5-7,9,12,14,16,30H,3-4,8,27H2,1-2H3. The number of nitrogens with two attached hydrogens (primary N) is 1. The van der Waals surface area contributed by atoms with E-state index in [2.05, 4.69) is 0 Å². The topological polar surface area (TPSA) is 92.9 Å². The molecule has 1 aromatic carbocycles. The summed E-state index contributed by atoms with van der Waals surface area (Å²) in [4.78, 5) is 25.6. The summed E-state index contributed by atoms with van der Waals surface area (Å²) < 4.78 is 82.7. The zero-order valence-corrected chi connectivity index (χ0v) is 17.1. The second-order valence-corrected chi connectivity index (χ2v) is 8.67. The van der Waals surface area contributed by atoms with Gasteiger partial charge in [-0.15, -0.1) is 0 Å². The quantitative estimate of drug-likeness (QED) is 0.508.